The van der Waals surface area contributed by atoms with Crippen LogP contribution >= 0.6 is 0 Å². The molecule has 2 heterocycles. The molecule has 2 saturated heterocycles. The zero-order chi connectivity index (χ0) is 8.39. The second-order valence-electron chi connectivity index (χ2n) is 3.74. The lowest BCUT2D eigenvalue weighted by Gasteiger charge is -2.26. The van der Waals surface area contributed by atoms with Gasteiger partial charge in [-0.1, -0.05) is 0 Å². The Morgan fingerprint density at radius 2 is 2.00 bits per heavy atom. The molecule has 0 aliphatic carbocycles. The molecule has 1 N–H and O–H groups in total. The van der Waals surface area contributed by atoms with Gasteiger partial charge in [-0.3, -0.25) is 0 Å². The summed E-state index contributed by atoms with van der Waals surface area (Å²) in [4.78, 5) is 0. The molecule has 2 aliphatic rings. The predicted molar refractivity (Wildman–Crippen MR) is 45.9 cm³/mol. The van der Waals surface area contributed by atoms with Crippen LogP contribution in [-0.4, -0.2) is 32.1 Å². The van der Waals surface area contributed by atoms with Gasteiger partial charge in [0.2, 0.25) is 0 Å². The number of piperidine rings is 1. The zero-order valence-electron chi connectivity index (χ0n) is 7.58. The van der Waals surface area contributed by atoms with Crippen molar-refractivity contribution in [2.45, 2.75) is 32.2 Å². The molecular formula is C9H17NO2. The molecule has 70 valence electrons. The molecule has 3 nitrogen and oxygen atoms in total. The van der Waals surface area contributed by atoms with E-state index in [0.29, 0.717) is 12.0 Å². The fourth-order valence-electron chi connectivity index (χ4n) is 1.90. The highest BCUT2D eigenvalue weighted by Crippen LogP contribution is 2.25. The maximum Gasteiger partial charge on any atom is 0.161 e. The first-order valence-electron chi connectivity index (χ1n) is 4.84. The minimum atomic E-state index is 0.0853. The van der Waals surface area contributed by atoms with E-state index in [-0.39, 0.29) is 6.29 Å². The third-order valence-corrected chi connectivity index (χ3v) is 2.63. The second kappa shape index (κ2) is 3.73. The Morgan fingerprint density at radius 1 is 1.25 bits per heavy atom. The van der Waals surface area contributed by atoms with E-state index in [1.807, 2.05) is 0 Å². The fraction of sp³-hybridized carbons (Fsp3) is 1.00. The third-order valence-electron chi connectivity index (χ3n) is 2.63. The summed E-state index contributed by atoms with van der Waals surface area (Å²) in [5.74, 6) is 0.621. The van der Waals surface area contributed by atoms with Crippen LogP contribution < -0.4 is 5.32 Å². The average Bonchev–Trinajstić information content (AvgIpc) is 2.54. The van der Waals surface area contributed by atoms with Crippen LogP contribution in [0.5, 0.6) is 0 Å². The largest absolute Gasteiger partial charge is 0.350 e. The van der Waals surface area contributed by atoms with Crippen molar-refractivity contribution < 1.29 is 9.47 Å². The highest BCUT2D eigenvalue weighted by atomic mass is 16.7. The molecule has 0 bridgehead atoms. The monoisotopic (exact) mass is 171 g/mol. The van der Waals surface area contributed by atoms with Crippen molar-refractivity contribution in [2.75, 3.05) is 19.7 Å². The van der Waals surface area contributed by atoms with Gasteiger partial charge in [0.05, 0.1) is 12.7 Å². The first-order valence-corrected chi connectivity index (χ1v) is 4.84. The molecule has 0 saturated carbocycles. The summed E-state index contributed by atoms with van der Waals surface area (Å²) in [7, 11) is 0. The van der Waals surface area contributed by atoms with Gasteiger partial charge in [-0.05, 0) is 32.9 Å². The lowest BCUT2D eigenvalue weighted by Crippen LogP contribution is -2.34. The van der Waals surface area contributed by atoms with Gasteiger partial charge in [0.25, 0.3) is 0 Å². The van der Waals surface area contributed by atoms with Crippen molar-refractivity contribution >= 4 is 0 Å². The molecule has 3 heteroatoms. The summed E-state index contributed by atoms with van der Waals surface area (Å²) in [5, 5.41) is 3.34. The molecule has 12 heavy (non-hydrogen) atoms. The molecule has 0 aromatic heterocycles. The Balaban J connectivity index is 1.83. The van der Waals surface area contributed by atoms with Crippen LogP contribution in [0, 0.1) is 5.92 Å². The Morgan fingerprint density at radius 3 is 2.58 bits per heavy atom. The summed E-state index contributed by atoms with van der Waals surface area (Å²) in [6.07, 6.45) is 2.77. The van der Waals surface area contributed by atoms with Crippen LogP contribution in [0.1, 0.15) is 19.8 Å². The van der Waals surface area contributed by atoms with Gasteiger partial charge in [0.15, 0.2) is 6.29 Å². The molecule has 2 unspecified atom stereocenters. The Hall–Kier alpha value is -0.120. The Bertz CT molecular complexity index is 143. The van der Waals surface area contributed by atoms with Crippen molar-refractivity contribution in [2.24, 2.45) is 5.92 Å². The lowest BCUT2D eigenvalue weighted by molar-refractivity contribution is -0.101. The van der Waals surface area contributed by atoms with Crippen LogP contribution in [-0.2, 0) is 9.47 Å². The number of hydrogen-bond donors (Lipinski definition) is 1. The molecule has 0 radical (unpaired) electrons. The van der Waals surface area contributed by atoms with E-state index in [1.54, 1.807) is 0 Å². The maximum absolute atomic E-state index is 5.65. The van der Waals surface area contributed by atoms with Crippen LogP contribution in [0.3, 0.4) is 0 Å². The van der Waals surface area contributed by atoms with Gasteiger partial charge < -0.3 is 14.8 Å². The SMILES string of the molecule is CC1COC(C2CCNCC2)O1. The smallest absolute Gasteiger partial charge is 0.161 e. The standard InChI is InChI=1S/C9H17NO2/c1-7-6-11-9(12-7)8-2-4-10-5-3-8/h7-10H,2-6H2,1H3. The minimum Gasteiger partial charge on any atom is -0.350 e. The van der Waals surface area contributed by atoms with Crippen LogP contribution in [0.15, 0.2) is 0 Å². The minimum absolute atomic E-state index is 0.0853. The van der Waals surface area contributed by atoms with E-state index in [1.165, 1.54) is 12.8 Å². The van der Waals surface area contributed by atoms with Gasteiger partial charge in [0.1, 0.15) is 0 Å². The van der Waals surface area contributed by atoms with Crippen LogP contribution in [0.2, 0.25) is 0 Å². The topological polar surface area (TPSA) is 30.5 Å². The van der Waals surface area contributed by atoms with Gasteiger partial charge in [-0.25, -0.2) is 0 Å². The van der Waals surface area contributed by atoms with Crippen molar-refractivity contribution in [1.82, 2.24) is 5.32 Å². The highest BCUT2D eigenvalue weighted by molar-refractivity contribution is 4.74. The van der Waals surface area contributed by atoms with Crippen LogP contribution in [0.25, 0.3) is 0 Å². The molecule has 0 aromatic carbocycles. The average molecular weight is 171 g/mol. The molecule has 0 spiro atoms. The molecule has 2 atom stereocenters. The fourth-order valence-corrected chi connectivity index (χ4v) is 1.90. The summed E-state index contributed by atoms with van der Waals surface area (Å²) < 4.78 is 11.2. The normalized spacial score (nSPS) is 38.8. The summed E-state index contributed by atoms with van der Waals surface area (Å²) in [6.45, 7) is 5.07. The number of nitrogens with one attached hydrogen (secondary N) is 1. The zero-order valence-corrected chi connectivity index (χ0v) is 7.58. The quantitative estimate of drug-likeness (QED) is 0.631. The summed E-state index contributed by atoms with van der Waals surface area (Å²) in [5.41, 5.74) is 0. The van der Waals surface area contributed by atoms with Gasteiger partial charge >= 0.3 is 0 Å². The van der Waals surface area contributed by atoms with E-state index in [9.17, 15) is 0 Å². The third kappa shape index (κ3) is 1.79. The molecule has 2 rings (SSSR count). The van der Waals surface area contributed by atoms with E-state index < -0.39 is 0 Å². The Labute approximate surface area is 73.4 Å². The van der Waals surface area contributed by atoms with E-state index in [0.717, 1.165) is 19.7 Å². The molecular weight excluding hydrogens is 154 g/mol. The molecule has 2 aliphatic heterocycles. The second-order valence-corrected chi connectivity index (χ2v) is 3.74. The highest BCUT2D eigenvalue weighted by Gasteiger charge is 2.31. The lowest BCUT2D eigenvalue weighted by atomic mass is 9.98. The summed E-state index contributed by atoms with van der Waals surface area (Å²) in [6, 6.07) is 0. The number of rotatable bonds is 1. The van der Waals surface area contributed by atoms with Gasteiger partial charge in [-0.2, -0.15) is 0 Å². The first kappa shape index (κ1) is 8.48. The number of ether oxygens (including phenoxy) is 2. The summed E-state index contributed by atoms with van der Waals surface area (Å²) >= 11 is 0. The van der Waals surface area contributed by atoms with Crippen molar-refractivity contribution in [1.29, 1.82) is 0 Å². The maximum atomic E-state index is 5.65. The molecule has 0 aromatic rings. The Kier molecular flexibility index (Phi) is 2.63. The van der Waals surface area contributed by atoms with Crippen molar-refractivity contribution in [3.8, 4) is 0 Å². The molecule has 2 fully saturated rings. The van der Waals surface area contributed by atoms with Gasteiger partial charge in [-0.15, -0.1) is 0 Å². The molecule has 0 amide bonds. The van der Waals surface area contributed by atoms with E-state index in [2.05, 4.69) is 12.2 Å². The van der Waals surface area contributed by atoms with Gasteiger partial charge in [0, 0.05) is 5.92 Å². The first-order chi connectivity index (χ1) is 5.86. The van der Waals surface area contributed by atoms with Crippen molar-refractivity contribution in [3.63, 3.8) is 0 Å². The predicted octanol–water partition coefficient (Wildman–Crippen LogP) is 0.747. The van der Waals surface area contributed by atoms with Crippen LogP contribution in [0.4, 0.5) is 0 Å². The van der Waals surface area contributed by atoms with E-state index >= 15 is 0 Å². The van der Waals surface area contributed by atoms with E-state index in [4.69, 9.17) is 9.47 Å². The number of hydrogen-bond acceptors (Lipinski definition) is 3. The van der Waals surface area contributed by atoms with Crippen molar-refractivity contribution in [3.05, 3.63) is 0 Å².